The average molecular weight is 384 g/mol. The van der Waals surface area contributed by atoms with E-state index in [1.807, 2.05) is 13.8 Å². The highest BCUT2D eigenvalue weighted by Gasteiger charge is 2.02. The zero-order valence-corrected chi connectivity index (χ0v) is 17.6. The highest BCUT2D eigenvalue weighted by molar-refractivity contribution is 5.48. The first-order valence-corrected chi connectivity index (χ1v) is 10.1. The topological polar surface area (TPSA) is 40.5 Å². The van der Waals surface area contributed by atoms with Gasteiger partial charge in [-0.05, 0) is 50.5 Å². The number of hydrogen-bond acceptors (Lipinski definition) is 3. The Morgan fingerprint density at radius 1 is 1.11 bits per heavy atom. The van der Waals surface area contributed by atoms with Crippen LogP contribution in [0.2, 0.25) is 0 Å². The van der Waals surface area contributed by atoms with Crippen LogP contribution in [0.3, 0.4) is 0 Å². The highest BCUT2D eigenvalue weighted by Crippen LogP contribution is 2.10. The van der Waals surface area contributed by atoms with E-state index in [4.69, 9.17) is 4.74 Å². The third-order valence-corrected chi connectivity index (χ3v) is 4.02. The summed E-state index contributed by atoms with van der Waals surface area (Å²) in [7, 11) is 0. The Hall–Kier alpha value is -2.75. The van der Waals surface area contributed by atoms with Gasteiger partial charge in [-0.3, -0.25) is 4.79 Å². The lowest BCUT2D eigenvalue weighted by Crippen LogP contribution is -2.28. The third kappa shape index (κ3) is 7.87. The molecule has 0 radical (unpaired) electrons. The lowest BCUT2D eigenvalue weighted by atomic mass is 10.2. The largest absolute Gasteiger partial charge is 0.489 e. The van der Waals surface area contributed by atoms with E-state index in [2.05, 4.69) is 77.1 Å². The standard InChI is InChI=1S/C19H21NO.C3H6O2.C2H6/c1-2-20-13-12-17-14-18(10-7-11-19(17)20)21-15-16-8-5-3-4-6-9-16;1-2-5-3-4;1-2/h3-5,8-14H,2,6-7,15H2,1H3;3H,2H2,1H3;1-2H3. The predicted octanol–water partition coefficient (Wildman–Crippen LogP) is 4.02. The van der Waals surface area contributed by atoms with Crippen molar-refractivity contribution in [3.63, 3.8) is 0 Å². The molecule has 0 N–H and O–H groups in total. The zero-order valence-electron chi connectivity index (χ0n) is 17.6. The number of ether oxygens (including phenoxy) is 2. The molecule has 1 aromatic heterocycles. The van der Waals surface area contributed by atoms with Crippen LogP contribution in [-0.4, -0.2) is 24.3 Å². The molecule has 0 bridgehead atoms. The van der Waals surface area contributed by atoms with Crippen LogP contribution in [-0.2, 0) is 20.8 Å². The molecular weight excluding hydrogens is 350 g/mol. The zero-order chi connectivity index (χ0) is 20.6. The monoisotopic (exact) mass is 383 g/mol. The molecule has 152 valence electrons. The van der Waals surface area contributed by atoms with Crippen LogP contribution in [0.15, 0.2) is 60.1 Å². The van der Waals surface area contributed by atoms with Crippen molar-refractivity contribution in [3.05, 3.63) is 70.6 Å². The minimum Gasteiger partial charge on any atom is -0.489 e. The smallest absolute Gasteiger partial charge is 0.293 e. The Morgan fingerprint density at radius 3 is 2.61 bits per heavy atom. The van der Waals surface area contributed by atoms with Crippen molar-refractivity contribution in [2.24, 2.45) is 0 Å². The Balaban J connectivity index is 0.000000490. The van der Waals surface area contributed by atoms with Crippen molar-refractivity contribution in [2.45, 2.75) is 47.1 Å². The molecule has 3 rings (SSSR count). The summed E-state index contributed by atoms with van der Waals surface area (Å²) < 4.78 is 12.4. The van der Waals surface area contributed by atoms with E-state index in [0.717, 1.165) is 25.1 Å². The number of fused-ring (bicyclic) bond motifs is 1. The summed E-state index contributed by atoms with van der Waals surface area (Å²) in [6.07, 6.45) is 21.2. The number of nitrogens with zero attached hydrogens (tertiary/aromatic N) is 1. The number of rotatable bonds is 6. The highest BCUT2D eigenvalue weighted by atomic mass is 16.5. The second kappa shape index (κ2) is 14.3. The molecule has 2 aliphatic carbocycles. The average Bonchev–Trinajstić information content (AvgIpc) is 2.90. The van der Waals surface area contributed by atoms with Crippen molar-refractivity contribution in [3.8, 4) is 0 Å². The maximum atomic E-state index is 9.18. The number of aromatic nitrogens is 1. The van der Waals surface area contributed by atoms with Crippen LogP contribution < -0.4 is 10.6 Å². The first kappa shape index (κ1) is 23.3. The van der Waals surface area contributed by atoms with Crippen molar-refractivity contribution in [1.82, 2.24) is 4.57 Å². The van der Waals surface area contributed by atoms with E-state index >= 15 is 0 Å². The van der Waals surface area contributed by atoms with Crippen molar-refractivity contribution in [2.75, 3.05) is 13.2 Å². The number of aryl methyl sites for hydroxylation is 1. The number of hydrogen-bond donors (Lipinski definition) is 0. The summed E-state index contributed by atoms with van der Waals surface area (Å²) in [5.74, 6) is 0.963. The number of carbonyl (C=O) groups excluding carboxylic acids is 1. The molecule has 0 atom stereocenters. The molecule has 0 saturated carbocycles. The fourth-order valence-corrected chi connectivity index (χ4v) is 2.70. The molecule has 0 aromatic carbocycles. The van der Waals surface area contributed by atoms with Crippen molar-refractivity contribution < 1.29 is 14.3 Å². The fourth-order valence-electron chi connectivity index (χ4n) is 2.70. The van der Waals surface area contributed by atoms with E-state index in [1.54, 1.807) is 6.92 Å². The van der Waals surface area contributed by atoms with Gasteiger partial charge in [-0.1, -0.05) is 50.3 Å². The van der Waals surface area contributed by atoms with Gasteiger partial charge in [0.1, 0.15) is 12.4 Å². The quantitative estimate of drug-likeness (QED) is 0.697. The van der Waals surface area contributed by atoms with Gasteiger partial charge < -0.3 is 14.0 Å². The van der Waals surface area contributed by atoms with E-state index in [-0.39, 0.29) is 0 Å². The Kier molecular flexibility index (Phi) is 11.9. The second-order valence-corrected chi connectivity index (χ2v) is 5.78. The van der Waals surface area contributed by atoms with Gasteiger partial charge in [0.2, 0.25) is 0 Å². The van der Waals surface area contributed by atoms with Gasteiger partial charge in [0.25, 0.3) is 6.47 Å². The fraction of sp³-hybridized carbons (Fsp3) is 0.375. The summed E-state index contributed by atoms with van der Waals surface area (Å²) in [4.78, 5) is 9.18. The van der Waals surface area contributed by atoms with Gasteiger partial charge >= 0.3 is 0 Å². The number of carbonyl (C=O) groups is 1. The second-order valence-electron chi connectivity index (χ2n) is 5.78. The molecule has 0 saturated heterocycles. The van der Waals surface area contributed by atoms with E-state index in [9.17, 15) is 4.79 Å². The molecule has 0 unspecified atom stereocenters. The molecule has 2 aliphatic rings. The predicted molar refractivity (Wildman–Crippen MR) is 117 cm³/mol. The van der Waals surface area contributed by atoms with Crippen LogP contribution >= 0.6 is 0 Å². The van der Waals surface area contributed by atoms with Gasteiger partial charge in [0.15, 0.2) is 0 Å². The molecule has 0 aliphatic heterocycles. The Bertz CT molecular complexity index is 823. The third-order valence-electron chi connectivity index (χ3n) is 4.02. The van der Waals surface area contributed by atoms with Gasteiger partial charge in [0.05, 0.1) is 6.61 Å². The van der Waals surface area contributed by atoms with Crippen LogP contribution in [0.25, 0.3) is 12.2 Å². The van der Waals surface area contributed by atoms with Gasteiger partial charge in [-0.25, -0.2) is 0 Å². The normalized spacial score (nSPS) is 14.0. The van der Waals surface area contributed by atoms with E-state index < -0.39 is 0 Å². The van der Waals surface area contributed by atoms with Crippen LogP contribution in [0.1, 0.15) is 40.5 Å². The van der Waals surface area contributed by atoms with Crippen LogP contribution in [0.5, 0.6) is 0 Å². The molecule has 0 amide bonds. The molecule has 0 spiro atoms. The van der Waals surface area contributed by atoms with E-state index in [0.29, 0.717) is 19.7 Å². The lowest BCUT2D eigenvalue weighted by molar-refractivity contribution is -0.128. The van der Waals surface area contributed by atoms with Gasteiger partial charge in [-0.2, -0.15) is 0 Å². The minimum absolute atomic E-state index is 0.431. The molecule has 28 heavy (non-hydrogen) atoms. The first-order chi connectivity index (χ1) is 13.8. The molecule has 1 aromatic rings. The van der Waals surface area contributed by atoms with Crippen molar-refractivity contribution >= 4 is 18.6 Å². The maximum absolute atomic E-state index is 9.18. The van der Waals surface area contributed by atoms with Gasteiger partial charge in [-0.15, -0.1) is 0 Å². The summed E-state index contributed by atoms with van der Waals surface area (Å²) >= 11 is 0. The molecule has 1 heterocycles. The molecule has 4 heteroatoms. The SMILES string of the molecule is CC.CCOC=O.CCn1ccc2c1=CCC=C(OCC1=CCC=CC=C1)C=2. The van der Waals surface area contributed by atoms with E-state index in [1.165, 1.54) is 16.1 Å². The van der Waals surface area contributed by atoms with Crippen LogP contribution in [0, 0.1) is 0 Å². The molecular formula is C24H33NO3. The molecule has 4 nitrogen and oxygen atoms in total. The van der Waals surface area contributed by atoms with Crippen molar-refractivity contribution in [1.29, 1.82) is 0 Å². The summed E-state index contributed by atoms with van der Waals surface area (Å²) in [6, 6.07) is 2.16. The van der Waals surface area contributed by atoms with Gasteiger partial charge in [0, 0.05) is 23.3 Å². The number of allylic oxidation sites excluding steroid dienone is 6. The lowest BCUT2D eigenvalue weighted by Gasteiger charge is -2.07. The minimum atomic E-state index is 0.431. The Morgan fingerprint density at radius 2 is 1.93 bits per heavy atom. The summed E-state index contributed by atoms with van der Waals surface area (Å²) in [6.45, 7) is 10.5. The summed E-state index contributed by atoms with van der Waals surface area (Å²) in [5, 5.41) is 2.54. The summed E-state index contributed by atoms with van der Waals surface area (Å²) in [5.41, 5.74) is 1.23. The van der Waals surface area contributed by atoms with Crippen LogP contribution in [0.4, 0.5) is 0 Å². The first-order valence-electron chi connectivity index (χ1n) is 10.1. The molecule has 0 fully saturated rings. The maximum Gasteiger partial charge on any atom is 0.293 e. The Labute approximate surface area is 168 Å².